The molecule has 0 radical (unpaired) electrons. The van der Waals surface area contributed by atoms with E-state index in [1.165, 1.54) is 6.07 Å². The Bertz CT molecular complexity index is 579. The van der Waals surface area contributed by atoms with Crippen LogP contribution in [0, 0.1) is 5.82 Å². The normalized spacial score (nSPS) is 14.5. The highest BCUT2D eigenvalue weighted by atomic mass is 19.1. The third kappa shape index (κ3) is 2.21. The monoisotopic (exact) mass is 260 g/mol. The van der Waals surface area contributed by atoms with Gasteiger partial charge in [0.15, 0.2) is 0 Å². The highest BCUT2D eigenvalue weighted by Gasteiger charge is 2.20. The smallest absolute Gasteiger partial charge is 0.129 e. The molecule has 0 bridgehead atoms. The zero-order chi connectivity index (χ0) is 13.2. The van der Waals surface area contributed by atoms with Crippen molar-refractivity contribution in [1.29, 1.82) is 0 Å². The molecule has 19 heavy (non-hydrogen) atoms. The summed E-state index contributed by atoms with van der Waals surface area (Å²) in [5.41, 5.74) is 1.69. The van der Waals surface area contributed by atoms with Crippen molar-refractivity contribution in [3.63, 3.8) is 0 Å². The first kappa shape index (κ1) is 12.2. The Labute approximate surface area is 111 Å². The molecule has 0 unspecified atom stereocenters. The Morgan fingerprint density at radius 2 is 2.26 bits per heavy atom. The van der Waals surface area contributed by atoms with Gasteiger partial charge in [-0.15, -0.1) is 0 Å². The fourth-order valence-corrected chi connectivity index (χ4v) is 2.57. The van der Waals surface area contributed by atoms with Crippen LogP contribution in [0.4, 0.5) is 10.1 Å². The number of benzene rings is 1. The van der Waals surface area contributed by atoms with Gasteiger partial charge in [0.2, 0.25) is 0 Å². The molecule has 0 amide bonds. The maximum absolute atomic E-state index is 13.9. The van der Waals surface area contributed by atoms with Crippen LogP contribution in [-0.4, -0.2) is 23.1 Å². The average Bonchev–Trinajstić information content (AvgIpc) is 2.88. The number of halogens is 1. The van der Waals surface area contributed by atoms with E-state index < -0.39 is 0 Å². The SMILES string of the molecule is CNCc1c(F)cccc1N1CCn2ccnc2C1. The van der Waals surface area contributed by atoms with E-state index >= 15 is 0 Å². The van der Waals surface area contributed by atoms with Crippen molar-refractivity contribution in [3.8, 4) is 0 Å². The average molecular weight is 260 g/mol. The molecule has 2 heterocycles. The fraction of sp³-hybridized carbons (Fsp3) is 0.357. The van der Waals surface area contributed by atoms with Crippen molar-refractivity contribution < 1.29 is 4.39 Å². The maximum Gasteiger partial charge on any atom is 0.129 e. The van der Waals surface area contributed by atoms with E-state index in [-0.39, 0.29) is 5.82 Å². The van der Waals surface area contributed by atoms with Crippen molar-refractivity contribution >= 4 is 5.69 Å². The first-order chi connectivity index (χ1) is 9.29. The van der Waals surface area contributed by atoms with Crippen LogP contribution in [0.25, 0.3) is 0 Å². The minimum atomic E-state index is -0.152. The lowest BCUT2D eigenvalue weighted by Crippen LogP contribution is -2.34. The molecule has 5 heteroatoms. The molecule has 1 aliphatic heterocycles. The van der Waals surface area contributed by atoms with Crippen LogP contribution in [0.1, 0.15) is 11.4 Å². The molecule has 0 atom stereocenters. The van der Waals surface area contributed by atoms with Gasteiger partial charge in [-0.05, 0) is 19.2 Å². The lowest BCUT2D eigenvalue weighted by atomic mass is 10.1. The summed E-state index contributed by atoms with van der Waals surface area (Å²) in [6.45, 7) is 3.04. The molecule has 2 aromatic rings. The number of rotatable bonds is 3. The highest BCUT2D eigenvalue weighted by molar-refractivity contribution is 5.54. The Balaban J connectivity index is 1.93. The van der Waals surface area contributed by atoms with Crippen LogP contribution in [-0.2, 0) is 19.6 Å². The van der Waals surface area contributed by atoms with Gasteiger partial charge in [-0.2, -0.15) is 0 Å². The van der Waals surface area contributed by atoms with Crippen molar-refractivity contribution in [3.05, 3.63) is 47.8 Å². The summed E-state index contributed by atoms with van der Waals surface area (Å²) in [5, 5.41) is 3.03. The summed E-state index contributed by atoms with van der Waals surface area (Å²) >= 11 is 0. The van der Waals surface area contributed by atoms with Gasteiger partial charge in [-0.25, -0.2) is 9.37 Å². The number of fused-ring (bicyclic) bond motifs is 1. The second-order valence-electron chi connectivity index (χ2n) is 4.73. The third-order valence-corrected chi connectivity index (χ3v) is 3.53. The third-order valence-electron chi connectivity index (χ3n) is 3.53. The predicted octanol–water partition coefficient (Wildman–Crippen LogP) is 1.76. The summed E-state index contributed by atoms with van der Waals surface area (Å²) in [6, 6.07) is 5.26. The molecule has 0 saturated carbocycles. The molecule has 1 aromatic carbocycles. The molecular formula is C14H17FN4. The molecule has 0 fully saturated rings. The zero-order valence-corrected chi connectivity index (χ0v) is 10.9. The maximum atomic E-state index is 13.9. The van der Waals surface area contributed by atoms with Gasteiger partial charge in [0.25, 0.3) is 0 Å². The van der Waals surface area contributed by atoms with Gasteiger partial charge in [0.05, 0.1) is 6.54 Å². The number of hydrogen-bond donors (Lipinski definition) is 1. The summed E-state index contributed by atoms with van der Waals surface area (Å²) in [5.74, 6) is 0.881. The number of anilines is 1. The predicted molar refractivity (Wildman–Crippen MR) is 72.4 cm³/mol. The first-order valence-electron chi connectivity index (χ1n) is 6.46. The van der Waals surface area contributed by atoms with Gasteiger partial charge in [0, 0.05) is 43.3 Å². The van der Waals surface area contributed by atoms with Crippen molar-refractivity contribution in [2.24, 2.45) is 0 Å². The van der Waals surface area contributed by atoms with Crippen molar-refractivity contribution in [2.75, 3.05) is 18.5 Å². The standard InChI is InChI=1S/C14H17FN4/c1-16-9-11-12(15)3-2-4-13(11)19-8-7-18-6-5-17-14(18)10-19/h2-6,16H,7-10H2,1H3. The van der Waals surface area contributed by atoms with Crippen LogP contribution in [0.15, 0.2) is 30.6 Å². The summed E-state index contributed by atoms with van der Waals surface area (Å²) in [4.78, 5) is 6.54. The zero-order valence-electron chi connectivity index (χ0n) is 10.9. The van der Waals surface area contributed by atoms with Gasteiger partial charge in [-0.1, -0.05) is 6.07 Å². The van der Waals surface area contributed by atoms with Crippen LogP contribution in [0.2, 0.25) is 0 Å². The number of aromatic nitrogens is 2. The Morgan fingerprint density at radius 3 is 3.11 bits per heavy atom. The van der Waals surface area contributed by atoms with E-state index in [0.29, 0.717) is 6.54 Å². The van der Waals surface area contributed by atoms with E-state index in [1.807, 2.05) is 25.5 Å². The van der Waals surface area contributed by atoms with Gasteiger partial charge >= 0.3 is 0 Å². The molecule has 0 aliphatic carbocycles. The lowest BCUT2D eigenvalue weighted by Gasteiger charge is -2.31. The molecule has 0 spiro atoms. The molecule has 1 aliphatic rings. The Morgan fingerprint density at radius 1 is 1.37 bits per heavy atom. The molecule has 4 nitrogen and oxygen atoms in total. The van der Waals surface area contributed by atoms with Crippen molar-refractivity contribution in [2.45, 2.75) is 19.6 Å². The van der Waals surface area contributed by atoms with Crippen LogP contribution < -0.4 is 10.2 Å². The Kier molecular flexibility index (Phi) is 3.21. The van der Waals surface area contributed by atoms with E-state index in [1.54, 1.807) is 6.07 Å². The molecule has 1 N–H and O–H groups in total. The molecule has 1 aromatic heterocycles. The molecular weight excluding hydrogens is 243 g/mol. The van der Waals surface area contributed by atoms with E-state index in [0.717, 1.165) is 36.7 Å². The summed E-state index contributed by atoms with van der Waals surface area (Å²) < 4.78 is 16.1. The topological polar surface area (TPSA) is 33.1 Å². The van der Waals surface area contributed by atoms with Gasteiger partial charge in [0.1, 0.15) is 11.6 Å². The quantitative estimate of drug-likeness (QED) is 0.913. The van der Waals surface area contributed by atoms with Crippen LogP contribution >= 0.6 is 0 Å². The number of imidazole rings is 1. The highest BCUT2D eigenvalue weighted by Crippen LogP contribution is 2.26. The fourth-order valence-electron chi connectivity index (χ4n) is 2.57. The van der Waals surface area contributed by atoms with Gasteiger partial charge < -0.3 is 14.8 Å². The summed E-state index contributed by atoms with van der Waals surface area (Å²) in [6.07, 6.45) is 3.81. The minimum Gasteiger partial charge on any atom is -0.362 e. The number of nitrogens with zero attached hydrogens (tertiary/aromatic N) is 3. The van der Waals surface area contributed by atoms with E-state index in [4.69, 9.17) is 0 Å². The van der Waals surface area contributed by atoms with E-state index in [9.17, 15) is 4.39 Å². The lowest BCUT2D eigenvalue weighted by molar-refractivity contribution is 0.551. The van der Waals surface area contributed by atoms with Crippen LogP contribution in [0.5, 0.6) is 0 Å². The second-order valence-corrected chi connectivity index (χ2v) is 4.73. The minimum absolute atomic E-state index is 0.152. The van der Waals surface area contributed by atoms with Crippen LogP contribution in [0.3, 0.4) is 0 Å². The number of hydrogen-bond acceptors (Lipinski definition) is 3. The number of nitrogens with one attached hydrogen (secondary N) is 1. The van der Waals surface area contributed by atoms with Gasteiger partial charge in [-0.3, -0.25) is 0 Å². The summed E-state index contributed by atoms with van der Waals surface area (Å²) in [7, 11) is 1.83. The Hall–Kier alpha value is -1.88. The molecule has 3 rings (SSSR count). The van der Waals surface area contributed by atoms with E-state index in [2.05, 4.69) is 19.8 Å². The molecule has 100 valence electrons. The molecule has 0 saturated heterocycles. The second kappa shape index (κ2) is 5.01. The first-order valence-corrected chi connectivity index (χ1v) is 6.46. The van der Waals surface area contributed by atoms with Crippen molar-refractivity contribution in [1.82, 2.24) is 14.9 Å². The largest absolute Gasteiger partial charge is 0.362 e.